The second-order valence-electron chi connectivity index (χ2n) is 4.15. The van der Waals surface area contributed by atoms with Crippen LogP contribution in [0.4, 0.5) is 5.69 Å². The third-order valence-corrected chi connectivity index (χ3v) is 3.11. The monoisotopic (exact) mass is 248 g/mol. The van der Waals surface area contributed by atoms with Crippen molar-refractivity contribution in [3.8, 4) is 6.07 Å². The van der Waals surface area contributed by atoms with Crippen molar-refractivity contribution in [1.82, 2.24) is 0 Å². The number of aldehydes is 1. The zero-order chi connectivity index (χ0) is 12.3. The number of benzene rings is 1. The fourth-order valence-corrected chi connectivity index (χ4v) is 2.12. The lowest BCUT2D eigenvalue weighted by molar-refractivity contribution is 0.112. The van der Waals surface area contributed by atoms with Crippen molar-refractivity contribution in [1.29, 1.82) is 5.26 Å². The van der Waals surface area contributed by atoms with Crippen molar-refractivity contribution >= 4 is 23.6 Å². The van der Waals surface area contributed by atoms with Gasteiger partial charge in [0.25, 0.3) is 0 Å². The molecule has 0 aliphatic heterocycles. The van der Waals surface area contributed by atoms with Crippen LogP contribution in [0.15, 0.2) is 18.2 Å². The third-order valence-electron chi connectivity index (χ3n) is 2.88. The Morgan fingerprint density at radius 3 is 2.88 bits per heavy atom. The first kappa shape index (κ1) is 11.9. The van der Waals surface area contributed by atoms with E-state index in [2.05, 4.69) is 11.0 Å². The zero-order valence-corrected chi connectivity index (χ0v) is 10.2. The Morgan fingerprint density at radius 2 is 2.29 bits per heavy atom. The molecule has 1 aromatic rings. The number of hydrogen-bond acceptors (Lipinski definition) is 3. The van der Waals surface area contributed by atoms with Crippen molar-refractivity contribution in [2.45, 2.75) is 25.3 Å². The van der Waals surface area contributed by atoms with Crippen molar-refractivity contribution in [3.63, 3.8) is 0 Å². The van der Waals surface area contributed by atoms with Gasteiger partial charge in [-0.1, -0.05) is 11.6 Å². The normalized spacial score (nSPS) is 14.1. The van der Waals surface area contributed by atoms with Gasteiger partial charge in [0.1, 0.15) is 0 Å². The van der Waals surface area contributed by atoms with Crippen molar-refractivity contribution in [2.24, 2.45) is 0 Å². The standard InChI is InChI=1S/C13H13ClN2O/c14-11-2-5-13(10(8-11)9-17)16(7-1-6-15)12-3-4-12/h2,5,8-9,12H,1,3-4,7H2. The first-order chi connectivity index (χ1) is 8.26. The van der Waals surface area contributed by atoms with Crippen LogP contribution in [0.25, 0.3) is 0 Å². The molecule has 1 aliphatic rings. The van der Waals surface area contributed by atoms with E-state index in [0.717, 1.165) is 24.8 Å². The Bertz CT molecular complexity index is 463. The smallest absolute Gasteiger partial charge is 0.152 e. The van der Waals surface area contributed by atoms with E-state index in [4.69, 9.17) is 16.9 Å². The molecule has 1 saturated carbocycles. The van der Waals surface area contributed by atoms with Crippen LogP contribution in [0.5, 0.6) is 0 Å². The van der Waals surface area contributed by atoms with Crippen LogP contribution >= 0.6 is 11.6 Å². The molecule has 0 spiro atoms. The fraction of sp³-hybridized carbons (Fsp3) is 0.385. The molecule has 88 valence electrons. The van der Waals surface area contributed by atoms with Gasteiger partial charge in [-0.2, -0.15) is 5.26 Å². The van der Waals surface area contributed by atoms with E-state index in [1.807, 2.05) is 6.07 Å². The fourth-order valence-electron chi connectivity index (χ4n) is 1.94. The second-order valence-corrected chi connectivity index (χ2v) is 4.59. The summed E-state index contributed by atoms with van der Waals surface area (Å²) in [5.74, 6) is 0. The summed E-state index contributed by atoms with van der Waals surface area (Å²) < 4.78 is 0. The summed E-state index contributed by atoms with van der Waals surface area (Å²) in [6.45, 7) is 0.670. The molecule has 17 heavy (non-hydrogen) atoms. The molecule has 0 amide bonds. The lowest BCUT2D eigenvalue weighted by Crippen LogP contribution is -2.27. The lowest BCUT2D eigenvalue weighted by Gasteiger charge is -2.25. The van der Waals surface area contributed by atoms with Gasteiger partial charge >= 0.3 is 0 Å². The highest BCUT2D eigenvalue weighted by Gasteiger charge is 2.30. The molecule has 0 N–H and O–H groups in total. The summed E-state index contributed by atoms with van der Waals surface area (Å²) in [4.78, 5) is 13.2. The molecule has 1 fully saturated rings. The van der Waals surface area contributed by atoms with Crippen LogP contribution in [0.1, 0.15) is 29.6 Å². The van der Waals surface area contributed by atoms with Gasteiger partial charge in [-0.25, -0.2) is 0 Å². The number of rotatable bonds is 5. The molecule has 0 atom stereocenters. The average molecular weight is 249 g/mol. The summed E-state index contributed by atoms with van der Waals surface area (Å²) in [5.41, 5.74) is 1.49. The number of carbonyl (C=O) groups is 1. The number of anilines is 1. The molecular weight excluding hydrogens is 236 g/mol. The van der Waals surface area contributed by atoms with Crippen molar-refractivity contribution < 1.29 is 4.79 Å². The molecule has 0 bridgehead atoms. The molecule has 3 nitrogen and oxygen atoms in total. The highest BCUT2D eigenvalue weighted by Crippen LogP contribution is 2.34. The first-order valence-electron chi connectivity index (χ1n) is 5.64. The topological polar surface area (TPSA) is 44.1 Å². The predicted octanol–water partition coefficient (Wildman–Crippen LogP) is 3.03. The molecule has 0 radical (unpaired) electrons. The van der Waals surface area contributed by atoms with Crippen molar-refractivity contribution in [2.75, 3.05) is 11.4 Å². The largest absolute Gasteiger partial charge is 0.367 e. The van der Waals surface area contributed by atoms with E-state index in [1.165, 1.54) is 0 Å². The maximum Gasteiger partial charge on any atom is 0.152 e. The number of carbonyl (C=O) groups excluding carboxylic acids is 1. The van der Waals surface area contributed by atoms with Gasteiger partial charge in [0, 0.05) is 28.9 Å². The Kier molecular flexibility index (Phi) is 3.65. The predicted molar refractivity (Wildman–Crippen MR) is 67.4 cm³/mol. The minimum Gasteiger partial charge on any atom is -0.367 e. The molecule has 0 unspecified atom stereocenters. The van der Waals surface area contributed by atoms with E-state index in [9.17, 15) is 4.79 Å². The Labute approximate surface area is 106 Å². The summed E-state index contributed by atoms with van der Waals surface area (Å²) >= 11 is 5.87. The number of nitriles is 1. The third kappa shape index (κ3) is 2.78. The Balaban J connectivity index is 2.28. The molecule has 1 aliphatic carbocycles. The van der Waals surface area contributed by atoms with Gasteiger partial charge in [0.15, 0.2) is 6.29 Å². The van der Waals surface area contributed by atoms with Gasteiger partial charge in [-0.15, -0.1) is 0 Å². The summed E-state index contributed by atoms with van der Waals surface area (Å²) in [6, 6.07) is 7.94. The molecule has 0 aromatic heterocycles. The van der Waals surface area contributed by atoms with Gasteiger partial charge in [0.2, 0.25) is 0 Å². The highest BCUT2D eigenvalue weighted by molar-refractivity contribution is 6.31. The van der Waals surface area contributed by atoms with Gasteiger partial charge in [-0.3, -0.25) is 4.79 Å². The molecule has 4 heteroatoms. The highest BCUT2D eigenvalue weighted by atomic mass is 35.5. The zero-order valence-electron chi connectivity index (χ0n) is 9.40. The van der Waals surface area contributed by atoms with E-state index in [1.54, 1.807) is 12.1 Å². The van der Waals surface area contributed by atoms with Crippen LogP contribution < -0.4 is 4.90 Å². The molecule has 0 saturated heterocycles. The van der Waals surface area contributed by atoms with Crippen molar-refractivity contribution in [3.05, 3.63) is 28.8 Å². The summed E-state index contributed by atoms with van der Waals surface area (Å²) in [7, 11) is 0. The maximum absolute atomic E-state index is 11.1. The van der Waals surface area contributed by atoms with Crippen LogP contribution in [-0.4, -0.2) is 18.9 Å². The number of halogens is 1. The minimum atomic E-state index is 0.470. The maximum atomic E-state index is 11.1. The van der Waals surface area contributed by atoms with Gasteiger partial charge in [-0.05, 0) is 31.0 Å². The molecule has 0 heterocycles. The van der Waals surface area contributed by atoms with Crippen LogP contribution in [-0.2, 0) is 0 Å². The molecule has 1 aromatic carbocycles. The van der Waals surface area contributed by atoms with E-state index < -0.39 is 0 Å². The quantitative estimate of drug-likeness (QED) is 0.753. The summed E-state index contributed by atoms with van der Waals surface area (Å²) in [6.07, 6.45) is 3.55. The number of nitrogens with zero attached hydrogens (tertiary/aromatic N) is 2. The van der Waals surface area contributed by atoms with Crippen LogP contribution in [0, 0.1) is 11.3 Å². The molecular formula is C13H13ClN2O. The Hall–Kier alpha value is -1.53. The Morgan fingerprint density at radius 1 is 1.53 bits per heavy atom. The van der Waals surface area contributed by atoms with Crippen LogP contribution in [0.3, 0.4) is 0 Å². The second kappa shape index (κ2) is 5.20. The summed E-state index contributed by atoms with van der Waals surface area (Å²) in [5, 5.41) is 9.23. The van der Waals surface area contributed by atoms with Gasteiger partial charge < -0.3 is 4.90 Å². The average Bonchev–Trinajstić information content (AvgIpc) is 3.15. The van der Waals surface area contributed by atoms with E-state index >= 15 is 0 Å². The molecule has 2 rings (SSSR count). The van der Waals surface area contributed by atoms with E-state index in [-0.39, 0.29) is 0 Å². The van der Waals surface area contributed by atoms with Crippen LogP contribution in [0.2, 0.25) is 5.02 Å². The minimum absolute atomic E-state index is 0.470. The van der Waals surface area contributed by atoms with Gasteiger partial charge in [0.05, 0.1) is 12.5 Å². The lowest BCUT2D eigenvalue weighted by atomic mass is 10.1. The SMILES string of the molecule is N#CCCN(c1ccc(Cl)cc1C=O)C1CC1. The number of hydrogen-bond donors (Lipinski definition) is 0. The van der Waals surface area contributed by atoms with E-state index in [0.29, 0.717) is 29.6 Å². The first-order valence-corrected chi connectivity index (χ1v) is 6.02.